The van der Waals surface area contributed by atoms with E-state index in [4.69, 9.17) is 0 Å². The molecule has 1 atom stereocenters. The molecule has 0 fully saturated rings. The van der Waals surface area contributed by atoms with Gasteiger partial charge in [-0.25, -0.2) is 4.39 Å². The van der Waals surface area contributed by atoms with E-state index in [-0.39, 0.29) is 12.2 Å². The van der Waals surface area contributed by atoms with Gasteiger partial charge in [-0.1, -0.05) is 12.2 Å². The number of halogens is 23. The highest BCUT2D eigenvalue weighted by molar-refractivity contribution is 5.22. The van der Waals surface area contributed by atoms with Gasteiger partial charge in [-0.05, 0) is 13.8 Å². The normalized spacial score (nSPS) is 17.9. The van der Waals surface area contributed by atoms with Crippen molar-refractivity contribution >= 4 is 0 Å². The van der Waals surface area contributed by atoms with E-state index < -0.39 is 82.8 Å². The second kappa shape index (κ2) is 10.1. The minimum atomic E-state index is -9.33. The average molecular weight is 665 g/mol. The quantitative estimate of drug-likeness (QED) is 0.157. The first kappa shape index (κ1) is 38.7. The number of hydrogen-bond donors (Lipinski definition) is 0. The highest BCUT2D eigenvalue weighted by Crippen LogP contribution is 2.67. The highest BCUT2D eigenvalue weighted by Gasteiger charge is 2.99. The molecule has 244 valence electrons. The minimum Gasteiger partial charge on any atom is -0.312 e. The molecule has 0 saturated heterocycles. The lowest BCUT2D eigenvalue weighted by atomic mass is 9.84. The van der Waals surface area contributed by atoms with Gasteiger partial charge < -0.3 is 4.90 Å². The Balaban J connectivity index is 7.83. The molecular weight excluding hydrogens is 655 g/mol. The second-order valence-corrected chi connectivity index (χ2v) is 7.58. The smallest absolute Gasteiger partial charge is 0.312 e. The monoisotopic (exact) mass is 665 g/mol. The third-order valence-electron chi connectivity index (χ3n) is 4.89. The van der Waals surface area contributed by atoms with Crippen LogP contribution in [0, 0.1) is 0 Å². The van der Waals surface area contributed by atoms with Crippen molar-refractivity contribution in [2.75, 3.05) is 0 Å². The maximum Gasteiger partial charge on any atom is 0.460 e. The Hall–Kier alpha value is -2.33. The molecule has 0 rings (SSSR count). The van der Waals surface area contributed by atoms with Gasteiger partial charge in [-0.15, -0.1) is 0 Å². The first-order chi connectivity index (χ1) is 17.5. The van der Waals surface area contributed by atoms with E-state index in [1.54, 1.807) is 0 Å². The van der Waals surface area contributed by atoms with Crippen LogP contribution in [0.2, 0.25) is 0 Å². The van der Waals surface area contributed by atoms with Crippen LogP contribution in [0.15, 0.2) is 24.6 Å². The van der Waals surface area contributed by atoms with Gasteiger partial charge in [0, 0.05) is 12.4 Å². The van der Waals surface area contributed by atoms with Gasteiger partial charge in [-0.2, -0.15) is 96.6 Å². The molecule has 0 aliphatic rings. The third-order valence-corrected chi connectivity index (χ3v) is 4.89. The summed E-state index contributed by atoms with van der Waals surface area (Å²) in [6.07, 6.45) is -17.6. The van der Waals surface area contributed by atoms with Crippen LogP contribution < -0.4 is 0 Å². The summed E-state index contributed by atoms with van der Waals surface area (Å²) in [5.74, 6) is -79.3. The molecule has 0 heterocycles. The zero-order valence-electron chi connectivity index (χ0n) is 18.9. The van der Waals surface area contributed by atoms with Crippen molar-refractivity contribution in [2.45, 2.75) is 79.4 Å². The fraction of sp³-hybridized carbons (Fsp3) is 0.765. The Kier molecular flexibility index (Phi) is 9.57. The zero-order valence-corrected chi connectivity index (χ0v) is 18.9. The van der Waals surface area contributed by atoms with Crippen LogP contribution in [0.4, 0.5) is 101 Å². The van der Waals surface area contributed by atoms with E-state index in [1.165, 1.54) is 0 Å². The molecule has 0 aliphatic heterocycles. The molecule has 0 bridgehead atoms. The van der Waals surface area contributed by atoms with E-state index in [1.807, 2.05) is 0 Å². The third kappa shape index (κ3) is 4.82. The maximum atomic E-state index is 15.1. The van der Waals surface area contributed by atoms with Crippen LogP contribution in [0.25, 0.3) is 0 Å². The van der Waals surface area contributed by atoms with Crippen LogP contribution in [0.5, 0.6) is 0 Å². The molecule has 24 heteroatoms. The van der Waals surface area contributed by atoms with Gasteiger partial charge in [0.05, 0.1) is 0 Å². The van der Waals surface area contributed by atoms with Crippen LogP contribution in [0.1, 0.15) is 13.8 Å². The Morgan fingerprint density at radius 2 is 0.537 bits per heavy atom. The van der Waals surface area contributed by atoms with Crippen molar-refractivity contribution in [3.8, 4) is 0 Å². The van der Waals surface area contributed by atoms with Gasteiger partial charge in [0.25, 0.3) is 0 Å². The van der Waals surface area contributed by atoms with Crippen molar-refractivity contribution in [1.82, 2.24) is 4.90 Å². The lowest BCUT2D eigenvalue weighted by Gasteiger charge is -2.49. The van der Waals surface area contributed by atoms with Gasteiger partial charge in [0.15, 0.2) is 0 Å². The number of hydrogen-bond acceptors (Lipinski definition) is 1. The molecule has 0 aliphatic carbocycles. The lowest BCUT2D eigenvalue weighted by molar-refractivity contribution is -0.478. The van der Waals surface area contributed by atoms with E-state index in [9.17, 15) is 96.6 Å². The van der Waals surface area contributed by atoms with Crippen LogP contribution in [0.3, 0.4) is 0 Å². The SMILES string of the molecule is CC=CN(C=CC)C(F)(C(F)(F)C(F)(F)F)C(F)(F)C(F)(F)C(F)(F)C(F)(F)C(F)(F)C(F)(F)C(F)(F)C(F)(F)F. The number of allylic oxidation sites excluding steroid dienone is 2. The fourth-order valence-corrected chi connectivity index (χ4v) is 2.66. The van der Waals surface area contributed by atoms with Crippen molar-refractivity contribution in [1.29, 1.82) is 0 Å². The Morgan fingerprint density at radius 3 is 0.756 bits per heavy atom. The predicted octanol–water partition coefficient (Wildman–Crippen LogP) is 9.23. The summed E-state index contributed by atoms with van der Waals surface area (Å²) < 4.78 is 310. The van der Waals surface area contributed by atoms with Gasteiger partial charge >= 0.3 is 65.5 Å². The summed E-state index contributed by atoms with van der Waals surface area (Å²) in [5.41, 5.74) is 0. The molecule has 0 spiro atoms. The summed E-state index contributed by atoms with van der Waals surface area (Å²) in [4.78, 5) is -2.01. The molecular formula is C17H10F23N. The molecule has 41 heavy (non-hydrogen) atoms. The molecule has 0 saturated carbocycles. The first-order valence-corrected chi connectivity index (χ1v) is 9.41. The maximum absolute atomic E-state index is 15.1. The second-order valence-electron chi connectivity index (χ2n) is 7.58. The van der Waals surface area contributed by atoms with Crippen LogP contribution in [-0.2, 0) is 0 Å². The molecule has 1 unspecified atom stereocenters. The van der Waals surface area contributed by atoms with Crippen molar-refractivity contribution in [2.24, 2.45) is 0 Å². The molecule has 1 nitrogen and oxygen atoms in total. The number of rotatable bonds is 11. The first-order valence-electron chi connectivity index (χ1n) is 9.41. The number of alkyl halides is 23. The topological polar surface area (TPSA) is 3.24 Å². The minimum absolute atomic E-state index is 0.0598. The molecule has 0 radical (unpaired) electrons. The van der Waals surface area contributed by atoms with Crippen molar-refractivity contribution in [3.63, 3.8) is 0 Å². The summed E-state index contributed by atoms with van der Waals surface area (Å²) in [6.45, 7) is 0.816. The number of nitrogens with zero attached hydrogens (tertiary/aromatic N) is 1. The van der Waals surface area contributed by atoms with Crippen molar-refractivity contribution < 1.29 is 101 Å². The molecule has 0 N–H and O–H groups in total. The van der Waals surface area contributed by atoms with Crippen LogP contribution >= 0.6 is 0 Å². The lowest BCUT2D eigenvalue weighted by Crippen LogP contribution is -2.80. The van der Waals surface area contributed by atoms with Gasteiger partial charge in [-0.3, -0.25) is 0 Å². The fourth-order valence-electron chi connectivity index (χ4n) is 2.66. The predicted molar refractivity (Wildman–Crippen MR) is 87.0 cm³/mol. The van der Waals surface area contributed by atoms with E-state index in [2.05, 4.69) is 0 Å². The average Bonchev–Trinajstić information content (AvgIpc) is 2.75. The summed E-state index contributed by atoms with van der Waals surface area (Å²) in [6, 6.07) is 0. The Morgan fingerprint density at radius 1 is 0.317 bits per heavy atom. The highest BCUT2D eigenvalue weighted by atomic mass is 19.4. The summed E-state index contributed by atoms with van der Waals surface area (Å²) in [5, 5.41) is 0. The molecule has 0 amide bonds. The van der Waals surface area contributed by atoms with E-state index in [0.29, 0.717) is 13.8 Å². The Labute approximate surface area is 211 Å². The standard InChI is InChI=1S/C17H10F23N/c1-3-5-41(6-4-2)15(34,14(32,33)17(38,39)40)12(28,29)10(24,25)8(20,21)7(18,19)9(22,23)11(26,27)13(30,31)16(35,36)37/h3-6H,1-2H3. The van der Waals surface area contributed by atoms with E-state index in [0.717, 1.165) is 0 Å². The molecule has 0 aromatic carbocycles. The van der Waals surface area contributed by atoms with Gasteiger partial charge in [0.2, 0.25) is 0 Å². The van der Waals surface area contributed by atoms with Crippen LogP contribution in [-0.4, -0.2) is 70.4 Å². The largest absolute Gasteiger partial charge is 0.460 e. The Bertz CT molecular complexity index is 971. The zero-order chi connectivity index (χ0) is 33.9. The van der Waals surface area contributed by atoms with E-state index >= 15 is 4.39 Å². The molecule has 0 aromatic heterocycles. The molecule has 0 aromatic rings. The summed E-state index contributed by atoms with van der Waals surface area (Å²) in [7, 11) is 0. The van der Waals surface area contributed by atoms with Crippen molar-refractivity contribution in [3.05, 3.63) is 24.6 Å². The summed E-state index contributed by atoms with van der Waals surface area (Å²) >= 11 is 0. The van der Waals surface area contributed by atoms with Gasteiger partial charge in [0.1, 0.15) is 0 Å².